The van der Waals surface area contributed by atoms with Crippen molar-refractivity contribution in [3.05, 3.63) is 24.3 Å². The van der Waals surface area contributed by atoms with Crippen LogP contribution >= 0.6 is 0 Å². The van der Waals surface area contributed by atoms with Crippen molar-refractivity contribution in [3.8, 4) is 0 Å². The zero-order chi connectivity index (χ0) is 7.84. The van der Waals surface area contributed by atoms with Crippen molar-refractivity contribution >= 4 is 0 Å². The average Bonchev–Trinajstić information content (AvgIpc) is 2.66. The van der Waals surface area contributed by atoms with Gasteiger partial charge in [-0.15, -0.1) is 6.58 Å². The zero-order valence-electron chi connectivity index (χ0n) is 6.92. The predicted octanol–water partition coefficient (Wildman–Crippen LogP) is 2.30. The Morgan fingerprint density at radius 2 is 2.64 bits per heavy atom. The molecule has 2 aliphatic rings. The highest BCUT2D eigenvalue weighted by Crippen LogP contribution is 2.40. The molecule has 0 aromatic rings. The Morgan fingerprint density at radius 1 is 1.82 bits per heavy atom. The van der Waals surface area contributed by atoms with Gasteiger partial charge in [-0.2, -0.15) is 0 Å². The summed E-state index contributed by atoms with van der Waals surface area (Å²) in [6.45, 7) is 5.95. The molecule has 1 heterocycles. The Bertz CT molecular complexity index is 205. The van der Waals surface area contributed by atoms with E-state index in [0.717, 1.165) is 6.42 Å². The van der Waals surface area contributed by atoms with Crippen molar-refractivity contribution in [3.63, 3.8) is 0 Å². The molecule has 0 aromatic carbocycles. The third-order valence-electron chi connectivity index (χ3n) is 2.53. The molecule has 1 saturated heterocycles. The van der Waals surface area contributed by atoms with Gasteiger partial charge in [-0.1, -0.05) is 17.7 Å². The quantitative estimate of drug-likeness (QED) is 0.434. The fraction of sp³-hybridized carbons (Fsp3) is 0.600. The van der Waals surface area contributed by atoms with E-state index in [1.54, 1.807) is 0 Å². The standard InChI is InChI=1S/C10H14O/c1-3-4-8-5-7(2)6-9-10(8)11-9/h3,6,8-10H,1,4-5H2,2H3/t8-,9?,10-/m0/s1. The lowest BCUT2D eigenvalue weighted by molar-refractivity contribution is 0.326. The highest BCUT2D eigenvalue weighted by molar-refractivity contribution is 5.18. The van der Waals surface area contributed by atoms with E-state index in [1.807, 2.05) is 6.08 Å². The predicted molar refractivity (Wildman–Crippen MR) is 45.3 cm³/mol. The molecule has 11 heavy (non-hydrogen) atoms. The van der Waals surface area contributed by atoms with Crippen LogP contribution in [0.2, 0.25) is 0 Å². The molecular weight excluding hydrogens is 136 g/mol. The molecule has 0 amide bonds. The normalized spacial score (nSPS) is 40.8. The summed E-state index contributed by atoms with van der Waals surface area (Å²) in [7, 11) is 0. The molecule has 60 valence electrons. The molecule has 3 atom stereocenters. The SMILES string of the molecule is C=CC[C@H]1CC(C)=CC2O[C@H]21. The van der Waals surface area contributed by atoms with Gasteiger partial charge in [-0.25, -0.2) is 0 Å². The van der Waals surface area contributed by atoms with E-state index in [2.05, 4.69) is 19.6 Å². The smallest absolute Gasteiger partial charge is 0.103 e. The van der Waals surface area contributed by atoms with Crippen molar-refractivity contribution in [1.29, 1.82) is 0 Å². The lowest BCUT2D eigenvalue weighted by atomic mass is 9.87. The van der Waals surface area contributed by atoms with Gasteiger partial charge in [0.05, 0.1) is 6.10 Å². The maximum absolute atomic E-state index is 5.49. The van der Waals surface area contributed by atoms with Crippen molar-refractivity contribution in [2.75, 3.05) is 0 Å². The molecule has 1 heteroatoms. The number of hydrogen-bond acceptors (Lipinski definition) is 1. The van der Waals surface area contributed by atoms with Crippen LogP contribution in [0.5, 0.6) is 0 Å². The monoisotopic (exact) mass is 150 g/mol. The topological polar surface area (TPSA) is 12.5 Å². The van der Waals surface area contributed by atoms with Crippen molar-refractivity contribution in [2.45, 2.75) is 32.0 Å². The Morgan fingerprint density at radius 3 is 3.36 bits per heavy atom. The Kier molecular flexibility index (Phi) is 1.61. The Labute approximate surface area is 67.7 Å². The van der Waals surface area contributed by atoms with Crippen LogP contribution in [0.4, 0.5) is 0 Å². The Balaban J connectivity index is 2.03. The first-order chi connectivity index (χ1) is 5.31. The minimum absolute atomic E-state index is 0.452. The minimum atomic E-state index is 0.452. The number of epoxide rings is 1. The number of rotatable bonds is 2. The van der Waals surface area contributed by atoms with Crippen LogP contribution in [0.25, 0.3) is 0 Å². The molecule has 1 nitrogen and oxygen atoms in total. The molecule has 1 fully saturated rings. The van der Waals surface area contributed by atoms with E-state index in [-0.39, 0.29) is 0 Å². The van der Waals surface area contributed by atoms with Crippen LogP contribution in [0.3, 0.4) is 0 Å². The molecule has 1 unspecified atom stereocenters. The second-order valence-electron chi connectivity index (χ2n) is 3.57. The van der Waals surface area contributed by atoms with Crippen molar-refractivity contribution < 1.29 is 4.74 Å². The van der Waals surface area contributed by atoms with Crippen LogP contribution in [0.15, 0.2) is 24.3 Å². The number of hydrogen-bond donors (Lipinski definition) is 0. The van der Waals surface area contributed by atoms with Crippen LogP contribution in [0.1, 0.15) is 19.8 Å². The third kappa shape index (κ3) is 1.25. The maximum Gasteiger partial charge on any atom is 0.103 e. The van der Waals surface area contributed by atoms with Gasteiger partial charge < -0.3 is 4.74 Å². The van der Waals surface area contributed by atoms with Gasteiger partial charge in [0.2, 0.25) is 0 Å². The van der Waals surface area contributed by atoms with Gasteiger partial charge in [0.15, 0.2) is 0 Å². The molecule has 0 radical (unpaired) electrons. The number of fused-ring (bicyclic) bond motifs is 1. The van der Waals surface area contributed by atoms with Gasteiger partial charge in [0.25, 0.3) is 0 Å². The molecule has 0 saturated carbocycles. The van der Waals surface area contributed by atoms with Crippen molar-refractivity contribution in [2.24, 2.45) is 5.92 Å². The second-order valence-corrected chi connectivity index (χ2v) is 3.57. The van der Waals surface area contributed by atoms with Gasteiger partial charge >= 0.3 is 0 Å². The summed E-state index contributed by atoms with van der Waals surface area (Å²) >= 11 is 0. The summed E-state index contributed by atoms with van der Waals surface area (Å²) in [6, 6.07) is 0. The molecule has 1 aliphatic heterocycles. The van der Waals surface area contributed by atoms with Gasteiger partial charge in [0, 0.05) is 0 Å². The summed E-state index contributed by atoms with van der Waals surface area (Å²) in [6.07, 6.45) is 7.54. The highest BCUT2D eigenvalue weighted by atomic mass is 16.6. The molecule has 1 aliphatic carbocycles. The van der Waals surface area contributed by atoms with Crippen LogP contribution in [-0.4, -0.2) is 12.2 Å². The summed E-state index contributed by atoms with van der Waals surface area (Å²) in [5, 5.41) is 0. The first-order valence-electron chi connectivity index (χ1n) is 4.25. The largest absolute Gasteiger partial charge is 0.365 e. The number of ether oxygens (including phenoxy) is 1. The minimum Gasteiger partial charge on any atom is -0.365 e. The average molecular weight is 150 g/mol. The van der Waals surface area contributed by atoms with E-state index in [0.29, 0.717) is 18.1 Å². The lowest BCUT2D eigenvalue weighted by Gasteiger charge is -2.15. The van der Waals surface area contributed by atoms with E-state index in [1.165, 1.54) is 12.0 Å². The highest BCUT2D eigenvalue weighted by Gasteiger charge is 2.45. The van der Waals surface area contributed by atoms with E-state index in [9.17, 15) is 0 Å². The second kappa shape index (κ2) is 2.49. The fourth-order valence-corrected chi connectivity index (χ4v) is 1.96. The van der Waals surface area contributed by atoms with Gasteiger partial charge in [-0.05, 0) is 25.7 Å². The molecular formula is C10H14O. The van der Waals surface area contributed by atoms with E-state index in [4.69, 9.17) is 4.74 Å². The maximum atomic E-state index is 5.49. The molecule has 0 spiro atoms. The molecule has 0 bridgehead atoms. The molecule has 0 N–H and O–H groups in total. The van der Waals surface area contributed by atoms with Crippen LogP contribution in [-0.2, 0) is 4.74 Å². The third-order valence-corrected chi connectivity index (χ3v) is 2.53. The van der Waals surface area contributed by atoms with E-state index >= 15 is 0 Å². The zero-order valence-corrected chi connectivity index (χ0v) is 6.92. The lowest BCUT2D eigenvalue weighted by Crippen LogP contribution is -2.14. The summed E-state index contributed by atoms with van der Waals surface area (Å²) in [5.74, 6) is 0.711. The molecule has 2 rings (SSSR count). The fourth-order valence-electron chi connectivity index (χ4n) is 1.96. The summed E-state index contributed by atoms with van der Waals surface area (Å²) in [5.41, 5.74) is 1.48. The van der Waals surface area contributed by atoms with Crippen LogP contribution in [0, 0.1) is 5.92 Å². The first kappa shape index (κ1) is 7.11. The first-order valence-corrected chi connectivity index (χ1v) is 4.25. The molecule has 0 aromatic heterocycles. The summed E-state index contributed by atoms with van der Waals surface area (Å²) in [4.78, 5) is 0. The summed E-state index contributed by atoms with van der Waals surface area (Å²) < 4.78 is 5.49. The van der Waals surface area contributed by atoms with Crippen molar-refractivity contribution in [1.82, 2.24) is 0 Å². The number of allylic oxidation sites excluding steroid dienone is 2. The van der Waals surface area contributed by atoms with Gasteiger partial charge in [0.1, 0.15) is 6.10 Å². The van der Waals surface area contributed by atoms with Crippen LogP contribution < -0.4 is 0 Å². The van der Waals surface area contributed by atoms with Gasteiger partial charge in [-0.3, -0.25) is 0 Å². The Hall–Kier alpha value is -0.560. The van der Waals surface area contributed by atoms with E-state index < -0.39 is 0 Å².